The summed E-state index contributed by atoms with van der Waals surface area (Å²) in [7, 11) is 1.54. The van der Waals surface area contributed by atoms with E-state index in [1.54, 1.807) is 12.1 Å². The lowest BCUT2D eigenvalue weighted by Gasteiger charge is -2.10. The van der Waals surface area contributed by atoms with E-state index in [9.17, 15) is 0 Å². The average molecular weight is 288 g/mol. The highest BCUT2D eigenvalue weighted by atomic mass is 35.5. The smallest absolute Gasteiger partial charge is 0.138 e. The van der Waals surface area contributed by atoms with Crippen molar-refractivity contribution in [3.63, 3.8) is 0 Å². The SMILES string of the molecule is COc1cc(COc2cc(C)ccc2Cl)ccc1C#N. The molecule has 2 rings (SSSR count). The summed E-state index contributed by atoms with van der Waals surface area (Å²) in [5, 5.41) is 9.52. The third-order valence-corrected chi connectivity index (χ3v) is 3.18. The lowest BCUT2D eigenvalue weighted by Crippen LogP contribution is -1.98. The summed E-state index contributed by atoms with van der Waals surface area (Å²) in [4.78, 5) is 0. The Labute approximate surface area is 123 Å². The van der Waals surface area contributed by atoms with Crippen molar-refractivity contribution in [1.29, 1.82) is 5.26 Å². The number of rotatable bonds is 4. The first-order valence-electron chi connectivity index (χ1n) is 6.10. The number of nitriles is 1. The van der Waals surface area contributed by atoms with Crippen molar-refractivity contribution in [3.8, 4) is 17.6 Å². The van der Waals surface area contributed by atoms with Gasteiger partial charge in [-0.15, -0.1) is 0 Å². The van der Waals surface area contributed by atoms with Crippen molar-refractivity contribution in [2.45, 2.75) is 13.5 Å². The summed E-state index contributed by atoms with van der Waals surface area (Å²) in [6, 6.07) is 13.1. The average Bonchev–Trinajstić information content (AvgIpc) is 2.47. The van der Waals surface area contributed by atoms with E-state index in [4.69, 9.17) is 26.3 Å². The van der Waals surface area contributed by atoms with E-state index in [1.165, 1.54) is 7.11 Å². The third kappa shape index (κ3) is 3.23. The standard InChI is InChI=1S/C16H14ClNO2/c1-11-3-6-14(17)16(7-11)20-10-12-4-5-13(9-18)15(8-12)19-2/h3-8H,10H2,1-2H3. The van der Waals surface area contributed by atoms with Crippen LogP contribution in [0.1, 0.15) is 16.7 Å². The Bertz CT molecular complexity index is 662. The maximum Gasteiger partial charge on any atom is 0.138 e. The van der Waals surface area contributed by atoms with Crippen LogP contribution in [0.15, 0.2) is 36.4 Å². The molecule has 0 heterocycles. The van der Waals surface area contributed by atoms with Crippen molar-refractivity contribution in [1.82, 2.24) is 0 Å². The quantitative estimate of drug-likeness (QED) is 0.850. The van der Waals surface area contributed by atoms with E-state index in [-0.39, 0.29) is 0 Å². The lowest BCUT2D eigenvalue weighted by molar-refractivity contribution is 0.305. The van der Waals surface area contributed by atoms with Gasteiger partial charge in [0.05, 0.1) is 17.7 Å². The summed E-state index contributed by atoms with van der Waals surface area (Å²) < 4.78 is 10.9. The van der Waals surface area contributed by atoms with Crippen molar-refractivity contribution in [2.24, 2.45) is 0 Å². The van der Waals surface area contributed by atoms with Gasteiger partial charge >= 0.3 is 0 Å². The molecule has 4 heteroatoms. The predicted molar refractivity (Wildman–Crippen MR) is 78.2 cm³/mol. The Morgan fingerprint density at radius 3 is 2.65 bits per heavy atom. The molecule has 0 aliphatic heterocycles. The highest BCUT2D eigenvalue weighted by molar-refractivity contribution is 6.32. The van der Waals surface area contributed by atoms with Crippen molar-refractivity contribution < 1.29 is 9.47 Å². The Morgan fingerprint density at radius 1 is 1.15 bits per heavy atom. The Hall–Kier alpha value is -2.18. The molecule has 2 aromatic rings. The van der Waals surface area contributed by atoms with Crippen LogP contribution in [0.2, 0.25) is 5.02 Å². The molecule has 0 amide bonds. The molecular formula is C16H14ClNO2. The summed E-state index contributed by atoms with van der Waals surface area (Å²) >= 11 is 6.08. The number of ether oxygens (including phenoxy) is 2. The number of hydrogen-bond donors (Lipinski definition) is 0. The number of benzene rings is 2. The van der Waals surface area contributed by atoms with E-state index >= 15 is 0 Å². The third-order valence-electron chi connectivity index (χ3n) is 2.87. The van der Waals surface area contributed by atoms with Gasteiger partial charge in [0.15, 0.2) is 0 Å². The van der Waals surface area contributed by atoms with Crippen molar-refractivity contribution >= 4 is 11.6 Å². The second kappa shape index (κ2) is 6.31. The van der Waals surface area contributed by atoms with Gasteiger partial charge in [0.1, 0.15) is 24.2 Å². The van der Waals surface area contributed by atoms with Crippen LogP contribution < -0.4 is 9.47 Å². The van der Waals surface area contributed by atoms with Crippen LogP contribution in [-0.4, -0.2) is 7.11 Å². The molecule has 0 bridgehead atoms. The zero-order chi connectivity index (χ0) is 14.5. The van der Waals surface area contributed by atoms with Crippen LogP contribution in [0, 0.1) is 18.3 Å². The van der Waals surface area contributed by atoms with Gasteiger partial charge in [-0.1, -0.05) is 23.7 Å². The van der Waals surface area contributed by atoms with Gasteiger partial charge in [0.2, 0.25) is 0 Å². The molecule has 0 fully saturated rings. The highest BCUT2D eigenvalue weighted by Crippen LogP contribution is 2.27. The van der Waals surface area contributed by atoms with Gasteiger partial charge in [-0.05, 0) is 42.3 Å². The summed E-state index contributed by atoms with van der Waals surface area (Å²) in [5.74, 6) is 1.19. The molecule has 0 aliphatic carbocycles. The highest BCUT2D eigenvalue weighted by Gasteiger charge is 2.06. The number of hydrogen-bond acceptors (Lipinski definition) is 3. The minimum Gasteiger partial charge on any atom is -0.495 e. The summed E-state index contributed by atoms with van der Waals surface area (Å²) in [6.07, 6.45) is 0. The van der Waals surface area contributed by atoms with E-state index in [2.05, 4.69) is 6.07 Å². The van der Waals surface area contributed by atoms with Crippen molar-refractivity contribution in [3.05, 3.63) is 58.1 Å². The number of nitrogens with zero attached hydrogens (tertiary/aromatic N) is 1. The minimum atomic E-state index is 0.366. The molecule has 0 unspecified atom stereocenters. The minimum absolute atomic E-state index is 0.366. The first-order chi connectivity index (χ1) is 9.63. The van der Waals surface area contributed by atoms with Crippen LogP contribution in [0.5, 0.6) is 11.5 Å². The van der Waals surface area contributed by atoms with Gasteiger partial charge in [-0.2, -0.15) is 5.26 Å². The second-order valence-electron chi connectivity index (χ2n) is 4.37. The Morgan fingerprint density at radius 2 is 1.95 bits per heavy atom. The van der Waals surface area contributed by atoms with E-state index < -0.39 is 0 Å². The van der Waals surface area contributed by atoms with Crippen LogP contribution in [0.25, 0.3) is 0 Å². The Balaban J connectivity index is 2.15. The molecule has 0 saturated heterocycles. The number of methoxy groups -OCH3 is 1. The predicted octanol–water partition coefficient (Wildman–Crippen LogP) is 4.11. The maximum absolute atomic E-state index is 8.94. The lowest BCUT2D eigenvalue weighted by atomic mass is 10.1. The molecule has 2 aromatic carbocycles. The van der Waals surface area contributed by atoms with E-state index in [0.29, 0.717) is 28.7 Å². The van der Waals surface area contributed by atoms with Gasteiger partial charge in [-0.25, -0.2) is 0 Å². The summed E-state index contributed by atoms with van der Waals surface area (Å²) in [5.41, 5.74) is 2.50. The molecule has 0 saturated carbocycles. The monoisotopic (exact) mass is 287 g/mol. The van der Waals surface area contributed by atoms with Crippen LogP contribution in [-0.2, 0) is 6.61 Å². The molecule has 0 atom stereocenters. The van der Waals surface area contributed by atoms with Crippen LogP contribution in [0.4, 0.5) is 0 Å². The first kappa shape index (κ1) is 14.2. The second-order valence-corrected chi connectivity index (χ2v) is 4.78. The van der Waals surface area contributed by atoms with E-state index in [0.717, 1.165) is 11.1 Å². The molecule has 20 heavy (non-hydrogen) atoms. The molecule has 0 spiro atoms. The molecule has 0 N–H and O–H groups in total. The molecule has 0 radical (unpaired) electrons. The largest absolute Gasteiger partial charge is 0.495 e. The van der Waals surface area contributed by atoms with Gasteiger partial charge in [-0.3, -0.25) is 0 Å². The maximum atomic E-state index is 8.94. The molecule has 3 nitrogen and oxygen atoms in total. The molecule has 102 valence electrons. The molecule has 0 aliphatic rings. The van der Waals surface area contributed by atoms with Crippen molar-refractivity contribution in [2.75, 3.05) is 7.11 Å². The van der Waals surface area contributed by atoms with Crippen LogP contribution >= 0.6 is 11.6 Å². The topological polar surface area (TPSA) is 42.2 Å². The molecule has 0 aromatic heterocycles. The van der Waals surface area contributed by atoms with E-state index in [1.807, 2.05) is 31.2 Å². The summed E-state index contributed by atoms with van der Waals surface area (Å²) in [6.45, 7) is 2.35. The fourth-order valence-electron chi connectivity index (χ4n) is 1.80. The van der Waals surface area contributed by atoms with Gasteiger partial charge < -0.3 is 9.47 Å². The van der Waals surface area contributed by atoms with Crippen LogP contribution in [0.3, 0.4) is 0 Å². The Kier molecular flexibility index (Phi) is 4.49. The fourth-order valence-corrected chi connectivity index (χ4v) is 1.97. The van der Waals surface area contributed by atoms with Gasteiger partial charge in [0.25, 0.3) is 0 Å². The number of aryl methyl sites for hydroxylation is 1. The fraction of sp³-hybridized carbons (Fsp3) is 0.188. The zero-order valence-electron chi connectivity index (χ0n) is 11.3. The zero-order valence-corrected chi connectivity index (χ0v) is 12.1. The normalized spacial score (nSPS) is 9.90. The number of halogens is 1. The molecular weight excluding hydrogens is 274 g/mol. The first-order valence-corrected chi connectivity index (χ1v) is 6.48. The van der Waals surface area contributed by atoms with Gasteiger partial charge in [0, 0.05) is 0 Å².